The maximum Gasteiger partial charge on any atom is 0.328 e. The molecule has 1 aliphatic rings. The third-order valence-corrected chi connectivity index (χ3v) is 2.19. The molecule has 1 unspecified atom stereocenters. The molecular formula is C7H10N4O2. The quantitative estimate of drug-likeness (QED) is 0.721. The van der Waals surface area contributed by atoms with Gasteiger partial charge in [0.25, 0.3) is 0 Å². The van der Waals surface area contributed by atoms with E-state index in [0.717, 1.165) is 12.8 Å². The lowest BCUT2D eigenvalue weighted by Crippen LogP contribution is -2.19. The average molecular weight is 182 g/mol. The van der Waals surface area contributed by atoms with Crippen molar-refractivity contribution >= 4 is 5.97 Å². The molecule has 1 saturated carbocycles. The van der Waals surface area contributed by atoms with Crippen LogP contribution < -0.4 is 0 Å². The predicted molar refractivity (Wildman–Crippen MR) is 42.1 cm³/mol. The molecule has 1 fully saturated rings. The summed E-state index contributed by atoms with van der Waals surface area (Å²) in [6.07, 6.45) is 2.12. The highest BCUT2D eigenvalue weighted by Gasteiger charge is 2.32. The molecule has 0 radical (unpaired) electrons. The fraction of sp³-hybridized carbons (Fsp3) is 0.714. The van der Waals surface area contributed by atoms with E-state index in [1.165, 1.54) is 4.68 Å². The molecule has 0 aliphatic heterocycles. The van der Waals surface area contributed by atoms with Crippen molar-refractivity contribution in [3.63, 3.8) is 0 Å². The molecule has 0 amide bonds. The van der Waals surface area contributed by atoms with Gasteiger partial charge in [0.05, 0.1) is 0 Å². The predicted octanol–water partition coefficient (Wildman–Crippen LogP) is 0.196. The SMILES string of the molecule is CC(C(=O)O)n1nnnc1C1CC1. The van der Waals surface area contributed by atoms with Crippen LogP contribution in [0, 0.1) is 0 Å². The fourth-order valence-corrected chi connectivity index (χ4v) is 1.19. The van der Waals surface area contributed by atoms with Gasteiger partial charge in [0.1, 0.15) is 6.04 Å². The van der Waals surface area contributed by atoms with Crippen molar-refractivity contribution in [1.82, 2.24) is 20.2 Å². The van der Waals surface area contributed by atoms with Gasteiger partial charge in [0, 0.05) is 5.92 Å². The second-order valence-electron chi connectivity index (χ2n) is 3.27. The Morgan fingerprint density at radius 3 is 2.92 bits per heavy atom. The van der Waals surface area contributed by atoms with Crippen molar-refractivity contribution < 1.29 is 9.90 Å². The van der Waals surface area contributed by atoms with Gasteiger partial charge in [-0.3, -0.25) is 0 Å². The number of hydrogen-bond donors (Lipinski definition) is 1. The molecule has 1 atom stereocenters. The zero-order valence-corrected chi connectivity index (χ0v) is 7.21. The molecule has 13 heavy (non-hydrogen) atoms. The summed E-state index contributed by atoms with van der Waals surface area (Å²) >= 11 is 0. The Hall–Kier alpha value is -1.46. The number of aromatic nitrogens is 4. The molecule has 1 heterocycles. The molecule has 6 heteroatoms. The normalized spacial score (nSPS) is 18.5. The van der Waals surface area contributed by atoms with Gasteiger partial charge in [0.2, 0.25) is 0 Å². The third kappa shape index (κ3) is 1.39. The highest BCUT2D eigenvalue weighted by molar-refractivity contribution is 5.71. The number of aliphatic carboxylic acids is 1. The third-order valence-electron chi connectivity index (χ3n) is 2.19. The van der Waals surface area contributed by atoms with E-state index in [-0.39, 0.29) is 0 Å². The van der Waals surface area contributed by atoms with Crippen LogP contribution in [0.4, 0.5) is 0 Å². The Labute approximate surface area is 74.6 Å². The van der Waals surface area contributed by atoms with Crippen molar-refractivity contribution in [3.05, 3.63) is 5.82 Å². The summed E-state index contributed by atoms with van der Waals surface area (Å²) in [5.41, 5.74) is 0. The standard InChI is InChI=1S/C7H10N4O2/c1-4(7(12)13)11-6(5-2-3-5)8-9-10-11/h4-5H,2-3H2,1H3,(H,12,13). The highest BCUT2D eigenvalue weighted by Crippen LogP contribution is 2.39. The number of carboxylic acids is 1. The monoisotopic (exact) mass is 182 g/mol. The van der Waals surface area contributed by atoms with E-state index >= 15 is 0 Å². The van der Waals surface area contributed by atoms with E-state index in [1.54, 1.807) is 6.92 Å². The first-order valence-electron chi connectivity index (χ1n) is 4.20. The van der Waals surface area contributed by atoms with Gasteiger partial charge >= 0.3 is 5.97 Å². The zero-order valence-electron chi connectivity index (χ0n) is 7.21. The molecule has 0 aromatic carbocycles. The lowest BCUT2D eigenvalue weighted by molar-refractivity contribution is -0.140. The van der Waals surface area contributed by atoms with Gasteiger partial charge < -0.3 is 5.11 Å². The summed E-state index contributed by atoms with van der Waals surface area (Å²) in [5, 5.41) is 19.7. The maximum atomic E-state index is 10.7. The van der Waals surface area contributed by atoms with E-state index in [1.807, 2.05) is 0 Å². The summed E-state index contributed by atoms with van der Waals surface area (Å²) in [4.78, 5) is 10.7. The number of rotatable bonds is 3. The molecule has 1 aromatic rings. The van der Waals surface area contributed by atoms with Crippen molar-refractivity contribution in [3.8, 4) is 0 Å². The smallest absolute Gasteiger partial charge is 0.328 e. The summed E-state index contributed by atoms with van der Waals surface area (Å²) in [6.45, 7) is 1.57. The van der Waals surface area contributed by atoms with Crippen molar-refractivity contribution in [1.29, 1.82) is 0 Å². The number of carbonyl (C=O) groups is 1. The Bertz CT molecular complexity index is 331. The zero-order chi connectivity index (χ0) is 9.42. The van der Waals surface area contributed by atoms with Crippen LogP contribution >= 0.6 is 0 Å². The molecule has 0 saturated heterocycles. The van der Waals surface area contributed by atoms with Crippen LogP contribution in [0.15, 0.2) is 0 Å². The van der Waals surface area contributed by atoms with Crippen LogP contribution in [0.1, 0.15) is 37.5 Å². The van der Waals surface area contributed by atoms with Gasteiger partial charge in [-0.25, -0.2) is 9.48 Å². The van der Waals surface area contributed by atoms with Crippen LogP contribution in [-0.2, 0) is 4.79 Å². The van der Waals surface area contributed by atoms with Crippen LogP contribution in [0.2, 0.25) is 0 Å². The number of tetrazole rings is 1. The minimum absolute atomic E-state index is 0.372. The van der Waals surface area contributed by atoms with E-state index in [9.17, 15) is 4.79 Å². The fourth-order valence-electron chi connectivity index (χ4n) is 1.19. The van der Waals surface area contributed by atoms with E-state index in [2.05, 4.69) is 15.5 Å². The van der Waals surface area contributed by atoms with E-state index < -0.39 is 12.0 Å². The van der Waals surface area contributed by atoms with Gasteiger partial charge in [-0.1, -0.05) is 0 Å². The molecule has 0 spiro atoms. The second-order valence-corrected chi connectivity index (χ2v) is 3.27. The van der Waals surface area contributed by atoms with Crippen LogP contribution in [0.3, 0.4) is 0 Å². The average Bonchev–Trinajstić information content (AvgIpc) is 2.83. The van der Waals surface area contributed by atoms with Gasteiger partial charge in [-0.05, 0) is 30.2 Å². The minimum Gasteiger partial charge on any atom is -0.480 e. The minimum atomic E-state index is -0.908. The number of hydrogen-bond acceptors (Lipinski definition) is 4. The van der Waals surface area contributed by atoms with E-state index in [0.29, 0.717) is 11.7 Å². The largest absolute Gasteiger partial charge is 0.480 e. The Morgan fingerprint density at radius 2 is 2.38 bits per heavy atom. The summed E-state index contributed by atoms with van der Waals surface area (Å²) in [7, 11) is 0. The Balaban J connectivity index is 2.27. The number of nitrogens with zero attached hydrogens (tertiary/aromatic N) is 4. The van der Waals surface area contributed by atoms with Crippen molar-refractivity contribution in [2.24, 2.45) is 0 Å². The highest BCUT2D eigenvalue weighted by atomic mass is 16.4. The summed E-state index contributed by atoms with van der Waals surface area (Å²) < 4.78 is 1.39. The molecule has 6 nitrogen and oxygen atoms in total. The van der Waals surface area contributed by atoms with Crippen molar-refractivity contribution in [2.75, 3.05) is 0 Å². The maximum absolute atomic E-state index is 10.7. The molecule has 1 aliphatic carbocycles. The van der Waals surface area contributed by atoms with E-state index in [4.69, 9.17) is 5.11 Å². The first kappa shape index (κ1) is 8.15. The summed E-state index contributed by atoms with van der Waals surface area (Å²) in [5.74, 6) is 0.168. The second kappa shape index (κ2) is 2.79. The molecule has 1 aromatic heterocycles. The molecule has 0 bridgehead atoms. The van der Waals surface area contributed by atoms with Gasteiger partial charge in [-0.15, -0.1) is 5.10 Å². The molecule has 70 valence electrons. The van der Waals surface area contributed by atoms with Gasteiger partial charge in [-0.2, -0.15) is 0 Å². The molecular weight excluding hydrogens is 172 g/mol. The summed E-state index contributed by atoms with van der Waals surface area (Å²) in [6, 6.07) is -0.675. The Kier molecular flexibility index (Phi) is 1.75. The van der Waals surface area contributed by atoms with Crippen LogP contribution in [0.5, 0.6) is 0 Å². The number of carboxylic acid groups (broad SMARTS) is 1. The topological polar surface area (TPSA) is 80.9 Å². The lowest BCUT2D eigenvalue weighted by Gasteiger charge is -2.07. The first-order valence-corrected chi connectivity index (χ1v) is 4.20. The first-order chi connectivity index (χ1) is 6.20. The van der Waals surface area contributed by atoms with Gasteiger partial charge in [0.15, 0.2) is 5.82 Å². The molecule has 2 rings (SSSR count). The Morgan fingerprint density at radius 1 is 1.69 bits per heavy atom. The molecule has 1 N–H and O–H groups in total. The van der Waals surface area contributed by atoms with Crippen LogP contribution in [-0.4, -0.2) is 31.3 Å². The lowest BCUT2D eigenvalue weighted by atomic mass is 10.3. The van der Waals surface area contributed by atoms with Crippen LogP contribution in [0.25, 0.3) is 0 Å². The van der Waals surface area contributed by atoms with Crippen molar-refractivity contribution in [2.45, 2.75) is 31.7 Å².